The molecule has 1 heterocycles. The lowest BCUT2D eigenvalue weighted by atomic mass is 9.92. The Hall–Kier alpha value is -3.22. The number of amides is 3. The van der Waals surface area contributed by atoms with Gasteiger partial charge in [0, 0.05) is 37.0 Å². The van der Waals surface area contributed by atoms with Gasteiger partial charge in [0.25, 0.3) is 5.91 Å². The molecular formula is C30H40FN3O3. The second kappa shape index (κ2) is 12.8. The summed E-state index contributed by atoms with van der Waals surface area (Å²) in [5, 5.41) is 6.12. The standard InChI is InChI=1S/C30H40FN3O3/c1-21(28(36)32-17-16-30(2,3)4)12-14-24(19-22-9-6-5-7-10-22)33-29(37)23-13-15-25(31)26(20-23)34-18-8-11-27(34)35/h5-7,9-10,13,15,20-21,24H,8,11-12,14,16-19H2,1-4H3,(H,32,36)(H,33,37)/t21-,24?/m0/s1. The lowest BCUT2D eigenvalue weighted by Crippen LogP contribution is -2.38. The molecule has 0 bridgehead atoms. The van der Waals surface area contributed by atoms with Crippen LogP contribution in [0.2, 0.25) is 0 Å². The molecule has 1 fully saturated rings. The molecule has 0 radical (unpaired) electrons. The van der Waals surface area contributed by atoms with E-state index in [-0.39, 0.29) is 40.8 Å². The Balaban J connectivity index is 1.66. The zero-order chi connectivity index (χ0) is 27.0. The predicted octanol–water partition coefficient (Wildman–Crippen LogP) is 5.26. The minimum Gasteiger partial charge on any atom is -0.356 e. The summed E-state index contributed by atoms with van der Waals surface area (Å²) in [5.74, 6) is -1.13. The molecule has 1 aliphatic rings. The van der Waals surface area contributed by atoms with E-state index in [2.05, 4.69) is 31.4 Å². The molecule has 2 atom stereocenters. The smallest absolute Gasteiger partial charge is 0.251 e. The van der Waals surface area contributed by atoms with Crippen LogP contribution in [0.5, 0.6) is 0 Å². The Morgan fingerprint density at radius 2 is 1.81 bits per heavy atom. The minimum absolute atomic E-state index is 0.0208. The van der Waals surface area contributed by atoms with Crippen LogP contribution in [-0.4, -0.2) is 36.9 Å². The average molecular weight is 510 g/mol. The van der Waals surface area contributed by atoms with Crippen LogP contribution in [0.4, 0.5) is 10.1 Å². The van der Waals surface area contributed by atoms with E-state index in [1.54, 1.807) is 0 Å². The topological polar surface area (TPSA) is 78.5 Å². The van der Waals surface area contributed by atoms with Crippen LogP contribution in [0.15, 0.2) is 48.5 Å². The van der Waals surface area contributed by atoms with Crippen molar-refractivity contribution in [2.24, 2.45) is 11.3 Å². The van der Waals surface area contributed by atoms with Crippen molar-refractivity contribution >= 4 is 23.4 Å². The number of nitrogens with zero attached hydrogens (tertiary/aromatic N) is 1. The second-order valence-corrected chi connectivity index (χ2v) is 11.3. The molecule has 3 amide bonds. The third kappa shape index (κ3) is 8.69. The van der Waals surface area contributed by atoms with Crippen LogP contribution in [0.25, 0.3) is 0 Å². The molecule has 0 aliphatic carbocycles. The van der Waals surface area contributed by atoms with E-state index >= 15 is 0 Å². The summed E-state index contributed by atoms with van der Waals surface area (Å²) < 4.78 is 14.5. The maximum Gasteiger partial charge on any atom is 0.251 e. The van der Waals surface area contributed by atoms with E-state index in [4.69, 9.17) is 0 Å². The van der Waals surface area contributed by atoms with Crippen LogP contribution >= 0.6 is 0 Å². The Labute approximate surface area is 220 Å². The third-order valence-electron chi connectivity index (χ3n) is 6.80. The molecule has 200 valence electrons. The van der Waals surface area contributed by atoms with Crippen molar-refractivity contribution in [1.29, 1.82) is 0 Å². The first kappa shape index (κ1) is 28.4. The van der Waals surface area contributed by atoms with Gasteiger partial charge in [-0.2, -0.15) is 0 Å². The van der Waals surface area contributed by atoms with Crippen molar-refractivity contribution in [3.8, 4) is 0 Å². The molecule has 3 rings (SSSR count). The number of benzene rings is 2. The highest BCUT2D eigenvalue weighted by Gasteiger charge is 2.26. The summed E-state index contributed by atoms with van der Waals surface area (Å²) in [5.41, 5.74) is 1.69. The molecule has 1 saturated heterocycles. The SMILES string of the molecule is C[C@@H](CCC(Cc1ccccc1)NC(=O)c1ccc(F)c(N2CCCC2=O)c1)C(=O)NCCC(C)(C)C. The molecule has 0 aromatic heterocycles. The van der Waals surface area contributed by atoms with Gasteiger partial charge < -0.3 is 15.5 Å². The van der Waals surface area contributed by atoms with Crippen molar-refractivity contribution in [3.05, 3.63) is 65.5 Å². The van der Waals surface area contributed by atoms with E-state index in [1.807, 2.05) is 37.3 Å². The van der Waals surface area contributed by atoms with E-state index in [9.17, 15) is 18.8 Å². The van der Waals surface area contributed by atoms with Crippen molar-refractivity contribution < 1.29 is 18.8 Å². The van der Waals surface area contributed by atoms with Gasteiger partial charge in [0.15, 0.2) is 0 Å². The molecule has 2 aromatic rings. The monoisotopic (exact) mass is 509 g/mol. The first-order valence-corrected chi connectivity index (χ1v) is 13.3. The fourth-order valence-corrected chi connectivity index (χ4v) is 4.47. The Kier molecular flexibility index (Phi) is 9.84. The number of hydrogen-bond acceptors (Lipinski definition) is 3. The molecular weight excluding hydrogens is 469 g/mol. The summed E-state index contributed by atoms with van der Waals surface area (Å²) in [7, 11) is 0. The number of anilines is 1. The number of carbonyl (C=O) groups is 3. The van der Waals surface area contributed by atoms with Crippen LogP contribution in [0.3, 0.4) is 0 Å². The average Bonchev–Trinajstić information content (AvgIpc) is 3.27. The number of halogens is 1. The molecule has 1 unspecified atom stereocenters. The molecule has 2 aromatic carbocycles. The highest BCUT2D eigenvalue weighted by atomic mass is 19.1. The maximum atomic E-state index is 14.5. The Bertz CT molecular complexity index is 1080. The normalized spacial score (nSPS) is 15.4. The van der Waals surface area contributed by atoms with Crippen LogP contribution in [-0.2, 0) is 16.0 Å². The second-order valence-electron chi connectivity index (χ2n) is 11.3. The molecule has 0 spiro atoms. The number of carbonyl (C=O) groups excluding carboxylic acids is 3. The van der Waals surface area contributed by atoms with Gasteiger partial charge in [0.1, 0.15) is 5.82 Å². The Morgan fingerprint density at radius 1 is 1.08 bits per heavy atom. The fraction of sp³-hybridized carbons (Fsp3) is 0.500. The highest BCUT2D eigenvalue weighted by Crippen LogP contribution is 2.26. The summed E-state index contributed by atoms with van der Waals surface area (Å²) in [6.45, 7) is 9.44. The number of rotatable bonds is 11. The third-order valence-corrected chi connectivity index (χ3v) is 6.80. The van der Waals surface area contributed by atoms with Gasteiger partial charge in [-0.05, 0) is 61.3 Å². The molecule has 1 aliphatic heterocycles. The zero-order valence-electron chi connectivity index (χ0n) is 22.5. The fourth-order valence-electron chi connectivity index (χ4n) is 4.47. The van der Waals surface area contributed by atoms with Crippen molar-refractivity contribution in [2.45, 2.75) is 72.3 Å². The number of nitrogens with one attached hydrogen (secondary N) is 2. The largest absolute Gasteiger partial charge is 0.356 e. The summed E-state index contributed by atoms with van der Waals surface area (Å²) in [6.07, 6.45) is 3.82. The van der Waals surface area contributed by atoms with Gasteiger partial charge in [-0.15, -0.1) is 0 Å². The summed E-state index contributed by atoms with van der Waals surface area (Å²) in [4.78, 5) is 39.3. The van der Waals surface area contributed by atoms with E-state index in [1.165, 1.54) is 23.1 Å². The lowest BCUT2D eigenvalue weighted by Gasteiger charge is -2.22. The van der Waals surface area contributed by atoms with Gasteiger partial charge in [0.05, 0.1) is 5.69 Å². The maximum absolute atomic E-state index is 14.5. The first-order chi connectivity index (χ1) is 17.5. The minimum atomic E-state index is -0.515. The van der Waals surface area contributed by atoms with Crippen molar-refractivity contribution in [1.82, 2.24) is 10.6 Å². The van der Waals surface area contributed by atoms with Gasteiger partial charge in [0.2, 0.25) is 11.8 Å². The van der Waals surface area contributed by atoms with Crippen molar-refractivity contribution in [2.75, 3.05) is 18.0 Å². The predicted molar refractivity (Wildman–Crippen MR) is 145 cm³/mol. The van der Waals surface area contributed by atoms with E-state index < -0.39 is 5.82 Å². The van der Waals surface area contributed by atoms with Crippen molar-refractivity contribution in [3.63, 3.8) is 0 Å². The number of hydrogen-bond donors (Lipinski definition) is 2. The quantitative estimate of drug-likeness (QED) is 0.434. The van der Waals surface area contributed by atoms with Crippen LogP contribution < -0.4 is 15.5 Å². The highest BCUT2D eigenvalue weighted by molar-refractivity contribution is 5.99. The molecule has 6 nitrogen and oxygen atoms in total. The van der Waals surface area contributed by atoms with Gasteiger partial charge in [-0.1, -0.05) is 58.0 Å². The summed E-state index contributed by atoms with van der Waals surface area (Å²) in [6, 6.07) is 13.8. The molecule has 7 heteroatoms. The zero-order valence-corrected chi connectivity index (χ0v) is 22.5. The molecule has 2 N–H and O–H groups in total. The molecule has 37 heavy (non-hydrogen) atoms. The first-order valence-electron chi connectivity index (χ1n) is 13.3. The van der Waals surface area contributed by atoms with Gasteiger partial charge in [-0.25, -0.2) is 4.39 Å². The lowest BCUT2D eigenvalue weighted by molar-refractivity contribution is -0.124. The van der Waals surface area contributed by atoms with Gasteiger partial charge in [-0.3, -0.25) is 14.4 Å². The summed E-state index contributed by atoms with van der Waals surface area (Å²) >= 11 is 0. The van der Waals surface area contributed by atoms with E-state index in [0.717, 1.165) is 12.0 Å². The van der Waals surface area contributed by atoms with Gasteiger partial charge >= 0.3 is 0 Å². The van der Waals surface area contributed by atoms with Crippen LogP contribution in [0, 0.1) is 17.2 Å². The Morgan fingerprint density at radius 3 is 2.46 bits per heavy atom. The molecule has 0 saturated carbocycles. The van der Waals surface area contributed by atoms with E-state index in [0.29, 0.717) is 50.8 Å². The van der Waals surface area contributed by atoms with Crippen LogP contribution in [0.1, 0.15) is 75.7 Å².